The third-order valence-electron chi connectivity index (χ3n) is 3.57. The van der Waals surface area contributed by atoms with Crippen molar-refractivity contribution in [3.63, 3.8) is 0 Å². The van der Waals surface area contributed by atoms with Crippen LogP contribution in [0.2, 0.25) is 0 Å². The highest BCUT2D eigenvalue weighted by Crippen LogP contribution is 2.06. The Labute approximate surface area is 116 Å². The molecule has 1 N–H and O–H groups in total. The summed E-state index contributed by atoms with van der Waals surface area (Å²) in [5.41, 5.74) is 2.26. The monoisotopic (exact) mass is 263 g/mol. The minimum Gasteiger partial charge on any atom is -0.379 e. The van der Waals surface area contributed by atoms with Gasteiger partial charge in [-0.2, -0.15) is 0 Å². The number of ether oxygens (including phenoxy) is 1. The van der Waals surface area contributed by atoms with Gasteiger partial charge in [0, 0.05) is 31.4 Å². The molecular weight excluding hydrogens is 238 g/mol. The fourth-order valence-corrected chi connectivity index (χ4v) is 2.41. The molecule has 1 saturated heterocycles. The number of hydrogen-bond acceptors (Lipinski definition) is 4. The Morgan fingerprint density at radius 2 is 2.37 bits per heavy atom. The first-order valence-corrected chi connectivity index (χ1v) is 7.24. The zero-order valence-corrected chi connectivity index (χ0v) is 12.1. The maximum Gasteiger partial charge on any atom is 0.0620 e. The van der Waals surface area contributed by atoms with E-state index in [9.17, 15) is 0 Å². The minimum atomic E-state index is 0.508. The molecule has 1 aromatic heterocycles. The fourth-order valence-electron chi connectivity index (χ4n) is 2.41. The molecule has 2 rings (SSSR count). The summed E-state index contributed by atoms with van der Waals surface area (Å²) in [6.45, 7) is 10.0. The smallest absolute Gasteiger partial charge is 0.0620 e. The molecule has 4 nitrogen and oxygen atoms in total. The van der Waals surface area contributed by atoms with E-state index in [1.54, 1.807) is 0 Å². The number of hydrogen-bond donors (Lipinski definition) is 1. The maximum absolute atomic E-state index is 5.49. The van der Waals surface area contributed by atoms with Crippen molar-refractivity contribution >= 4 is 0 Å². The average Bonchev–Trinajstić information content (AvgIpc) is 2.44. The van der Waals surface area contributed by atoms with E-state index in [1.807, 2.05) is 13.0 Å². The Morgan fingerprint density at radius 1 is 1.47 bits per heavy atom. The first-order valence-electron chi connectivity index (χ1n) is 7.24. The predicted octanol–water partition coefficient (Wildman–Crippen LogP) is 1.59. The molecule has 0 amide bonds. The van der Waals surface area contributed by atoms with Gasteiger partial charge in [-0.05, 0) is 32.0 Å². The van der Waals surface area contributed by atoms with E-state index in [1.165, 1.54) is 0 Å². The molecule has 0 bridgehead atoms. The van der Waals surface area contributed by atoms with Gasteiger partial charge in [0.2, 0.25) is 0 Å². The first kappa shape index (κ1) is 14.4. The van der Waals surface area contributed by atoms with Crippen LogP contribution in [0.15, 0.2) is 18.2 Å². The summed E-state index contributed by atoms with van der Waals surface area (Å²) in [6, 6.07) is 6.75. The zero-order chi connectivity index (χ0) is 13.5. The molecule has 1 fully saturated rings. The van der Waals surface area contributed by atoms with Gasteiger partial charge in [-0.25, -0.2) is 0 Å². The molecular formula is C15H25N3O. The average molecular weight is 263 g/mol. The van der Waals surface area contributed by atoms with Crippen LogP contribution < -0.4 is 5.32 Å². The highest BCUT2D eigenvalue weighted by molar-refractivity contribution is 5.09. The molecule has 1 aliphatic heterocycles. The Bertz CT molecular complexity index is 377. The quantitative estimate of drug-likeness (QED) is 0.846. The second kappa shape index (κ2) is 7.58. The Hall–Kier alpha value is -0.970. The lowest BCUT2D eigenvalue weighted by atomic mass is 10.2. The first-order chi connectivity index (χ1) is 9.28. The van der Waals surface area contributed by atoms with Gasteiger partial charge in [0.05, 0.1) is 18.9 Å². The van der Waals surface area contributed by atoms with Gasteiger partial charge in [0.1, 0.15) is 0 Å². The lowest BCUT2D eigenvalue weighted by Crippen LogP contribution is -2.43. The lowest BCUT2D eigenvalue weighted by Gasteiger charge is -2.27. The summed E-state index contributed by atoms with van der Waals surface area (Å²) < 4.78 is 5.49. The molecule has 0 aromatic carbocycles. The Kier molecular flexibility index (Phi) is 5.76. The lowest BCUT2D eigenvalue weighted by molar-refractivity contribution is 0.0698. The van der Waals surface area contributed by atoms with E-state index < -0.39 is 0 Å². The van der Waals surface area contributed by atoms with E-state index in [0.717, 1.165) is 57.2 Å². The van der Waals surface area contributed by atoms with Gasteiger partial charge in [0.15, 0.2) is 0 Å². The summed E-state index contributed by atoms with van der Waals surface area (Å²) in [6.07, 6.45) is 1.14. The number of pyridine rings is 1. The van der Waals surface area contributed by atoms with Crippen LogP contribution in [-0.4, -0.2) is 48.8 Å². The van der Waals surface area contributed by atoms with Crippen LogP contribution in [0.5, 0.6) is 0 Å². The van der Waals surface area contributed by atoms with Crippen molar-refractivity contribution in [2.75, 3.05) is 32.8 Å². The standard InChI is InChI=1S/C15H25N3O/c1-3-18(9-7-15-12-19-10-8-16-15)11-14-6-4-5-13(2)17-14/h4-6,15-16H,3,7-12H2,1-2H3. The van der Waals surface area contributed by atoms with Gasteiger partial charge < -0.3 is 10.1 Å². The van der Waals surface area contributed by atoms with Crippen LogP contribution in [-0.2, 0) is 11.3 Å². The van der Waals surface area contributed by atoms with Crippen molar-refractivity contribution in [1.29, 1.82) is 0 Å². The predicted molar refractivity (Wildman–Crippen MR) is 77.2 cm³/mol. The van der Waals surface area contributed by atoms with Crippen molar-refractivity contribution in [2.45, 2.75) is 32.9 Å². The Morgan fingerprint density at radius 3 is 3.05 bits per heavy atom. The van der Waals surface area contributed by atoms with Crippen molar-refractivity contribution in [2.24, 2.45) is 0 Å². The molecule has 2 heterocycles. The van der Waals surface area contributed by atoms with Gasteiger partial charge in [-0.15, -0.1) is 0 Å². The summed E-state index contributed by atoms with van der Waals surface area (Å²) in [5, 5.41) is 3.50. The molecule has 106 valence electrons. The number of morpholine rings is 1. The number of nitrogens with zero attached hydrogens (tertiary/aromatic N) is 2. The molecule has 0 radical (unpaired) electrons. The largest absolute Gasteiger partial charge is 0.379 e. The summed E-state index contributed by atoms with van der Waals surface area (Å²) >= 11 is 0. The van der Waals surface area contributed by atoms with Crippen LogP contribution in [0.25, 0.3) is 0 Å². The molecule has 1 aliphatic rings. The fraction of sp³-hybridized carbons (Fsp3) is 0.667. The third kappa shape index (κ3) is 4.90. The molecule has 0 aliphatic carbocycles. The summed E-state index contributed by atoms with van der Waals surface area (Å²) in [7, 11) is 0. The number of nitrogens with one attached hydrogen (secondary N) is 1. The summed E-state index contributed by atoms with van der Waals surface area (Å²) in [5.74, 6) is 0. The van der Waals surface area contributed by atoms with Crippen LogP contribution in [0.3, 0.4) is 0 Å². The topological polar surface area (TPSA) is 37.4 Å². The zero-order valence-electron chi connectivity index (χ0n) is 12.1. The number of aromatic nitrogens is 1. The van der Waals surface area contributed by atoms with Crippen LogP contribution >= 0.6 is 0 Å². The van der Waals surface area contributed by atoms with E-state index in [0.29, 0.717) is 6.04 Å². The van der Waals surface area contributed by atoms with Crippen molar-refractivity contribution < 1.29 is 4.74 Å². The molecule has 4 heteroatoms. The van der Waals surface area contributed by atoms with Gasteiger partial charge in [-0.3, -0.25) is 9.88 Å². The van der Waals surface area contributed by atoms with E-state index in [2.05, 4.69) is 34.3 Å². The molecule has 0 saturated carbocycles. The van der Waals surface area contributed by atoms with E-state index >= 15 is 0 Å². The van der Waals surface area contributed by atoms with Crippen molar-refractivity contribution in [3.8, 4) is 0 Å². The molecule has 1 atom stereocenters. The molecule has 0 spiro atoms. The maximum atomic E-state index is 5.49. The molecule has 1 aromatic rings. The van der Waals surface area contributed by atoms with Gasteiger partial charge in [0.25, 0.3) is 0 Å². The highest BCUT2D eigenvalue weighted by atomic mass is 16.5. The van der Waals surface area contributed by atoms with Crippen LogP contribution in [0.4, 0.5) is 0 Å². The van der Waals surface area contributed by atoms with E-state index in [-0.39, 0.29) is 0 Å². The van der Waals surface area contributed by atoms with Gasteiger partial charge in [-0.1, -0.05) is 13.0 Å². The normalized spacial score (nSPS) is 19.8. The second-order valence-electron chi connectivity index (χ2n) is 5.15. The molecule has 19 heavy (non-hydrogen) atoms. The highest BCUT2D eigenvalue weighted by Gasteiger charge is 2.14. The third-order valence-corrected chi connectivity index (χ3v) is 3.57. The minimum absolute atomic E-state index is 0.508. The van der Waals surface area contributed by atoms with E-state index in [4.69, 9.17) is 4.74 Å². The van der Waals surface area contributed by atoms with Crippen LogP contribution in [0, 0.1) is 6.92 Å². The Balaban J connectivity index is 1.79. The van der Waals surface area contributed by atoms with Crippen molar-refractivity contribution in [3.05, 3.63) is 29.6 Å². The van der Waals surface area contributed by atoms with Crippen LogP contribution in [0.1, 0.15) is 24.7 Å². The van der Waals surface area contributed by atoms with Crippen molar-refractivity contribution in [1.82, 2.24) is 15.2 Å². The second-order valence-corrected chi connectivity index (χ2v) is 5.15. The van der Waals surface area contributed by atoms with Gasteiger partial charge >= 0.3 is 0 Å². The summed E-state index contributed by atoms with van der Waals surface area (Å²) in [4.78, 5) is 7.02. The molecule has 1 unspecified atom stereocenters. The SMILES string of the molecule is CCN(CCC1COCCN1)Cc1cccc(C)n1. The number of aryl methyl sites for hydroxylation is 1. The number of rotatable bonds is 6.